The van der Waals surface area contributed by atoms with Crippen molar-refractivity contribution in [1.29, 1.82) is 0 Å². The van der Waals surface area contributed by atoms with Crippen LogP contribution < -0.4 is 5.73 Å². The van der Waals surface area contributed by atoms with Gasteiger partial charge in [0.2, 0.25) is 0 Å². The summed E-state index contributed by atoms with van der Waals surface area (Å²) in [7, 11) is 1.90. The molecule has 4 nitrogen and oxygen atoms in total. The van der Waals surface area contributed by atoms with Gasteiger partial charge in [-0.25, -0.2) is 0 Å². The summed E-state index contributed by atoms with van der Waals surface area (Å²) in [5, 5.41) is 5.10. The Kier molecular flexibility index (Phi) is 5.25. The summed E-state index contributed by atoms with van der Waals surface area (Å²) >= 11 is 6.23. The maximum absolute atomic E-state index is 6.23. The Labute approximate surface area is 102 Å². The molecule has 1 unspecified atom stereocenters. The highest BCUT2D eigenvalue weighted by atomic mass is 35.5. The van der Waals surface area contributed by atoms with Crippen LogP contribution in [0.25, 0.3) is 0 Å². The van der Waals surface area contributed by atoms with Gasteiger partial charge in [-0.2, -0.15) is 5.10 Å². The van der Waals surface area contributed by atoms with Crippen molar-refractivity contribution in [3.05, 3.63) is 16.4 Å². The third-order valence-electron chi connectivity index (χ3n) is 2.49. The van der Waals surface area contributed by atoms with Crippen LogP contribution in [0.15, 0.2) is 0 Å². The van der Waals surface area contributed by atoms with E-state index < -0.39 is 0 Å². The summed E-state index contributed by atoms with van der Waals surface area (Å²) in [6, 6.07) is -0.0300. The van der Waals surface area contributed by atoms with Gasteiger partial charge in [0.15, 0.2) is 0 Å². The van der Waals surface area contributed by atoms with E-state index in [1.807, 2.05) is 25.6 Å². The summed E-state index contributed by atoms with van der Waals surface area (Å²) in [5.74, 6) is 0. The van der Waals surface area contributed by atoms with Crippen molar-refractivity contribution in [3.8, 4) is 0 Å². The van der Waals surface area contributed by atoms with Gasteiger partial charge in [0, 0.05) is 26.1 Å². The average Bonchev–Trinajstić information content (AvgIpc) is 2.53. The maximum Gasteiger partial charge on any atom is 0.0850 e. The molecule has 1 rings (SSSR count). The van der Waals surface area contributed by atoms with Gasteiger partial charge in [-0.05, 0) is 13.3 Å². The molecule has 0 aliphatic heterocycles. The van der Waals surface area contributed by atoms with Crippen LogP contribution in [0.4, 0.5) is 0 Å². The lowest BCUT2D eigenvalue weighted by molar-refractivity contribution is 0.132. The summed E-state index contributed by atoms with van der Waals surface area (Å²) in [5.41, 5.74) is 7.88. The largest absolute Gasteiger partial charge is 0.380 e. The zero-order chi connectivity index (χ0) is 12.1. The molecule has 5 heteroatoms. The highest BCUT2D eigenvalue weighted by Crippen LogP contribution is 2.21. The van der Waals surface area contributed by atoms with Crippen LogP contribution in [-0.4, -0.2) is 29.0 Å². The standard InChI is InChI=1S/C11H20ClN3O/c1-4-9-11(12)10(15(3)14-9)6-8(13)7-16-5-2/h8H,4-7,13H2,1-3H3. The van der Waals surface area contributed by atoms with Crippen molar-refractivity contribution in [3.63, 3.8) is 0 Å². The van der Waals surface area contributed by atoms with E-state index in [9.17, 15) is 0 Å². The van der Waals surface area contributed by atoms with Crippen molar-refractivity contribution >= 4 is 11.6 Å². The smallest absolute Gasteiger partial charge is 0.0850 e. The average molecular weight is 246 g/mol. The molecule has 92 valence electrons. The monoisotopic (exact) mass is 245 g/mol. The van der Waals surface area contributed by atoms with Crippen LogP contribution in [0, 0.1) is 0 Å². The second-order valence-electron chi connectivity index (χ2n) is 3.81. The van der Waals surface area contributed by atoms with Crippen LogP contribution in [-0.2, 0) is 24.6 Å². The van der Waals surface area contributed by atoms with Crippen molar-refractivity contribution in [2.24, 2.45) is 12.8 Å². The molecule has 0 aromatic carbocycles. The van der Waals surface area contributed by atoms with Crippen LogP contribution in [0.3, 0.4) is 0 Å². The number of nitrogens with two attached hydrogens (primary N) is 1. The second-order valence-corrected chi connectivity index (χ2v) is 4.19. The Morgan fingerprint density at radius 2 is 2.19 bits per heavy atom. The molecule has 2 N–H and O–H groups in total. The number of nitrogens with zero attached hydrogens (tertiary/aromatic N) is 2. The highest BCUT2D eigenvalue weighted by molar-refractivity contribution is 6.31. The fourth-order valence-electron chi connectivity index (χ4n) is 1.62. The highest BCUT2D eigenvalue weighted by Gasteiger charge is 2.15. The first-order valence-electron chi connectivity index (χ1n) is 5.63. The summed E-state index contributed by atoms with van der Waals surface area (Å²) in [6.45, 7) is 5.24. The van der Waals surface area contributed by atoms with Crippen LogP contribution in [0.2, 0.25) is 5.02 Å². The number of aromatic nitrogens is 2. The van der Waals surface area contributed by atoms with E-state index in [1.165, 1.54) is 0 Å². The predicted molar refractivity (Wildman–Crippen MR) is 65.8 cm³/mol. The van der Waals surface area contributed by atoms with Crippen molar-refractivity contribution in [2.45, 2.75) is 32.7 Å². The van der Waals surface area contributed by atoms with Gasteiger partial charge >= 0.3 is 0 Å². The Balaban J connectivity index is 2.69. The van der Waals surface area contributed by atoms with E-state index in [-0.39, 0.29) is 6.04 Å². The number of rotatable bonds is 6. The summed E-state index contributed by atoms with van der Waals surface area (Å²) < 4.78 is 7.10. The fraction of sp³-hybridized carbons (Fsp3) is 0.727. The molecule has 0 saturated heterocycles. The number of aryl methyl sites for hydroxylation is 2. The summed E-state index contributed by atoms with van der Waals surface area (Å²) in [6.07, 6.45) is 1.54. The molecule has 1 aromatic heterocycles. The van der Waals surface area contributed by atoms with Crippen LogP contribution >= 0.6 is 11.6 Å². The molecule has 1 aromatic rings. The van der Waals surface area contributed by atoms with E-state index in [2.05, 4.69) is 5.10 Å². The molecule has 0 saturated carbocycles. The molecular weight excluding hydrogens is 226 g/mol. The van der Waals surface area contributed by atoms with E-state index in [1.54, 1.807) is 0 Å². The van der Waals surface area contributed by atoms with E-state index in [0.717, 1.165) is 22.8 Å². The molecule has 0 amide bonds. The van der Waals surface area contributed by atoms with Gasteiger partial charge in [0.25, 0.3) is 0 Å². The van der Waals surface area contributed by atoms with E-state index in [0.29, 0.717) is 19.6 Å². The number of ether oxygens (including phenoxy) is 1. The molecule has 1 heterocycles. The molecule has 16 heavy (non-hydrogen) atoms. The third kappa shape index (κ3) is 3.20. The summed E-state index contributed by atoms with van der Waals surface area (Å²) in [4.78, 5) is 0. The molecule has 1 atom stereocenters. The number of hydrogen-bond donors (Lipinski definition) is 1. The Morgan fingerprint density at radius 3 is 2.69 bits per heavy atom. The molecule has 0 radical (unpaired) electrons. The lowest BCUT2D eigenvalue weighted by Gasteiger charge is -2.11. The van der Waals surface area contributed by atoms with Crippen LogP contribution in [0.1, 0.15) is 25.2 Å². The SMILES string of the molecule is CCOCC(N)Cc1c(Cl)c(CC)nn1C. The fourth-order valence-corrected chi connectivity index (χ4v) is 1.99. The lowest BCUT2D eigenvalue weighted by atomic mass is 10.1. The van der Waals surface area contributed by atoms with Gasteiger partial charge in [0.1, 0.15) is 0 Å². The molecule has 0 spiro atoms. The van der Waals surface area contributed by atoms with Gasteiger partial charge in [-0.3, -0.25) is 4.68 Å². The topological polar surface area (TPSA) is 53.1 Å². The minimum atomic E-state index is -0.0300. The van der Waals surface area contributed by atoms with Crippen LogP contribution in [0.5, 0.6) is 0 Å². The zero-order valence-electron chi connectivity index (χ0n) is 10.2. The maximum atomic E-state index is 6.23. The van der Waals surface area contributed by atoms with Gasteiger partial charge in [-0.1, -0.05) is 18.5 Å². The lowest BCUT2D eigenvalue weighted by Crippen LogP contribution is -2.29. The molecule has 0 aliphatic carbocycles. The van der Waals surface area contributed by atoms with Crippen molar-refractivity contribution in [2.75, 3.05) is 13.2 Å². The predicted octanol–water partition coefficient (Wildman–Crippen LogP) is 1.54. The quantitative estimate of drug-likeness (QED) is 0.827. The second kappa shape index (κ2) is 6.23. The number of hydrogen-bond acceptors (Lipinski definition) is 3. The molecule has 0 fully saturated rings. The zero-order valence-corrected chi connectivity index (χ0v) is 10.9. The van der Waals surface area contributed by atoms with Gasteiger partial charge in [-0.15, -0.1) is 0 Å². The molecule has 0 aliphatic rings. The Bertz CT molecular complexity index is 338. The van der Waals surface area contributed by atoms with Gasteiger partial charge < -0.3 is 10.5 Å². The normalized spacial score (nSPS) is 13.1. The van der Waals surface area contributed by atoms with Gasteiger partial charge in [0.05, 0.1) is 23.0 Å². The minimum Gasteiger partial charge on any atom is -0.380 e. The van der Waals surface area contributed by atoms with Crippen molar-refractivity contribution in [1.82, 2.24) is 9.78 Å². The Hall–Kier alpha value is -0.580. The minimum absolute atomic E-state index is 0.0300. The van der Waals surface area contributed by atoms with Crippen molar-refractivity contribution < 1.29 is 4.74 Å². The first-order chi connectivity index (χ1) is 7.60. The number of halogens is 1. The first-order valence-corrected chi connectivity index (χ1v) is 6.01. The Morgan fingerprint density at radius 1 is 1.50 bits per heavy atom. The molecule has 0 bridgehead atoms. The first kappa shape index (κ1) is 13.5. The molecular formula is C11H20ClN3O. The van der Waals surface area contributed by atoms with E-state index >= 15 is 0 Å². The third-order valence-corrected chi connectivity index (χ3v) is 2.93. The van der Waals surface area contributed by atoms with E-state index in [4.69, 9.17) is 22.1 Å².